The van der Waals surface area contributed by atoms with Gasteiger partial charge in [-0.2, -0.15) is 0 Å². The largest absolute Gasteiger partial charge is 0.508 e. The Kier molecular flexibility index (Phi) is 12.8. The zero-order chi connectivity index (χ0) is 19.9. The predicted molar refractivity (Wildman–Crippen MR) is 115 cm³/mol. The van der Waals surface area contributed by atoms with E-state index in [1.54, 1.807) is 24.3 Å². The van der Waals surface area contributed by atoms with E-state index in [4.69, 9.17) is 0 Å². The van der Waals surface area contributed by atoms with Crippen LogP contribution in [0.15, 0.2) is 54.6 Å². The number of hydrogen-bond acceptors (Lipinski definition) is 2. The topological polar surface area (TPSA) is 40.5 Å². The van der Waals surface area contributed by atoms with Crippen LogP contribution in [0.5, 0.6) is 11.5 Å². The number of phenols is 2. The number of rotatable bonds is 2. The standard InChI is InChI=1S/C18H18O2.3C2H6/c19-17-8-4-13(5-9-17)15-2-1-3-16(12-15)14-6-10-18(20)11-7-14;3*1-2/h2,4-11,16,19-20H,1,3,12H2;3*1-2H3. The molecular weight excluding hydrogens is 320 g/mol. The molecule has 1 aliphatic rings. The van der Waals surface area contributed by atoms with Gasteiger partial charge in [0.25, 0.3) is 0 Å². The minimum absolute atomic E-state index is 0.306. The van der Waals surface area contributed by atoms with Gasteiger partial charge in [0.05, 0.1) is 0 Å². The lowest BCUT2D eigenvalue weighted by molar-refractivity contribution is 0.474. The second-order valence-corrected chi connectivity index (χ2v) is 5.35. The zero-order valence-electron chi connectivity index (χ0n) is 17.3. The first-order valence-corrected chi connectivity index (χ1v) is 10.00. The summed E-state index contributed by atoms with van der Waals surface area (Å²) in [6.45, 7) is 12.0. The Bertz CT molecular complexity index is 610. The molecule has 3 rings (SSSR count). The summed E-state index contributed by atoms with van der Waals surface area (Å²) in [7, 11) is 0. The quantitative estimate of drug-likeness (QED) is 0.584. The van der Waals surface area contributed by atoms with Crippen LogP contribution in [-0.2, 0) is 0 Å². The molecule has 1 atom stereocenters. The molecule has 0 amide bonds. The molecule has 0 radical (unpaired) electrons. The highest BCUT2D eigenvalue weighted by molar-refractivity contribution is 5.67. The van der Waals surface area contributed by atoms with Gasteiger partial charge in [-0.25, -0.2) is 0 Å². The molecule has 2 N–H and O–H groups in total. The van der Waals surface area contributed by atoms with Crippen LogP contribution in [-0.4, -0.2) is 10.2 Å². The molecule has 0 bridgehead atoms. The maximum absolute atomic E-state index is 9.38. The van der Waals surface area contributed by atoms with Gasteiger partial charge in [0.2, 0.25) is 0 Å². The van der Waals surface area contributed by atoms with Gasteiger partial charge in [-0.3, -0.25) is 0 Å². The van der Waals surface area contributed by atoms with Gasteiger partial charge in [-0.05, 0) is 66.1 Å². The van der Waals surface area contributed by atoms with Crippen LogP contribution < -0.4 is 0 Å². The van der Waals surface area contributed by atoms with E-state index in [0.29, 0.717) is 17.4 Å². The van der Waals surface area contributed by atoms with Gasteiger partial charge in [-0.15, -0.1) is 0 Å². The Morgan fingerprint density at radius 1 is 0.692 bits per heavy atom. The number of phenolic OH excluding ortho intramolecular Hbond substituents is 2. The SMILES string of the molecule is CC.CC.CC.Oc1ccc(C2=CCCC(c3ccc(O)cc3)C2)cc1. The van der Waals surface area contributed by atoms with E-state index in [1.807, 2.05) is 65.8 Å². The normalized spacial score (nSPS) is 15.0. The number of aromatic hydroxyl groups is 2. The van der Waals surface area contributed by atoms with Crippen molar-refractivity contribution in [2.45, 2.75) is 66.7 Å². The highest BCUT2D eigenvalue weighted by Crippen LogP contribution is 2.37. The lowest BCUT2D eigenvalue weighted by Crippen LogP contribution is -2.04. The van der Waals surface area contributed by atoms with Crippen LogP contribution in [0, 0.1) is 0 Å². The van der Waals surface area contributed by atoms with Gasteiger partial charge >= 0.3 is 0 Å². The van der Waals surface area contributed by atoms with Gasteiger partial charge in [0, 0.05) is 0 Å². The molecule has 0 fully saturated rings. The molecule has 0 saturated heterocycles. The van der Waals surface area contributed by atoms with Crippen molar-refractivity contribution in [2.24, 2.45) is 0 Å². The molecule has 2 nitrogen and oxygen atoms in total. The Morgan fingerprint density at radius 3 is 1.65 bits per heavy atom. The smallest absolute Gasteiger partial charge is 0.115 e. The molecule has 2 aromatic rings. The molecule has 26 heavy (non-hydrogen) atoms. The molecule has 2 heteroatoms. The predicted octanol–water partition coefficient (Wildman–Crippen LogP) is 7.53. The maximum Gasteiger partial charge on any atom is 0.115 e. The van der Waals surface area contributed by atoms with E-state index < -0.39 is 0 Å². The second-order valence-electron chi connectivity index (χ2n) is 5.35. The van der Waals surface area contributed by atoms with Crippen molar-refractivity contribution >= 4 is 5.57 Å². The molecule has 1 unspecified atom stereocenters. The van der Waals surface area contributed by atoms with E-state index in [-0.39, 0.29) is 0 Å². The van der Waals surface area contributed by atoms with Crippen LogP contribution in [0.25, 0.3) is 5.57 Å². The van der Waals surface area contributed by atoms with Crippen LogP contribution in [0.3, 0.4) is 0 Å². The van der Waals surface area contributed by atoms with Gasteiger partial charge < -0.3 is 10.2 Å². The molecule has 0 spiro atoms. The summed E-state index contributed by atoms with van der Waals surface area (Å²) in [6, 6.07) is 15.0. The molecule has 1 aliphatic carbocycles. The second kappa shape index (κ2) is 14.0. The van der Waals surface area contributed by atoms with Crippen molar-refractivity contribution in [3.63, 3.8) is 0 Å². The summed E-state index contributed by atoms with van der Waals surface area (Å²) in [6.07, 6.45) is 5.52. The molecule has 0 aromatic heterocycles. The summed E-state index contributed by atoms with van der Waals surface area (Å²) < 4.78 is 0. The lowest BCUT2D eigenvalue weighted by Gasteiger charge is -2.23. The number of hydrogen-bond donors (Lipinski definition) is 2. The van der Waals surface area contributed by atoms with E-state index in [2.05, 4.69) is 6.08 Å². The Labute approximate surface area is 160 Å². The van der Waals surface area contributed by atoms with E-state index in [9.17, 15) is 10.2 Å². The van der Waals surface area contributed by atoms with Crippen molar-refractivity contribution in [3.05, 3.63) is 65.7 Å². The zero-order valence-corrected chi connectivity index (χ0v) is 17.3. The minimum atomic E-state index is 0.306. The van der Waals surface area contributed by atoms with E-state index in [1.165, 1.54) is 16.7 Å². The van der Waals surface area contributed by atoms with Crippen LogP contribution >= 0.6 is 0 Å². The van der Waals surface area contributed by atoms with Crippen molar-refractivity contribution in [3.8, 4) is 11.5 Å². The minimum Gasteiger partial charge on any atom is -0.508 e. The van der Waals surface area contributed by atoms with Crippen molar-refractivity contribution < 1.29 is 10.2 Å². The van der Waals surface area contributed by atoms with Crippen molar-refractivity contribution in [1.82, 2.24) is 0 Å². The van der Waals surface area contributed by atoms with Crippen LogP contribution in [0.4, 0.5) is 0 Å². The fraction of sp³-hybridized carbons (Fsp3) is 0.417. The Morgan fingerprint density at radius 2 is 1.15 bits per heavy atom. The summed E-state index contributed by atoms with van der Waals surface area (Å²) in [4.78, 5) is 0. The highest BCUT2D eigenvalue weighted by Gasteiger charge is 2.18. The first kappa shape index (κ1) is 23.8. The van der Waals surface area contributed by atoms with E-state index >= 15 is 0 Å². The monoisotopic (exact) mass is 356 g/mol. The number of benzene rings is 2. The van der Waals surface area contributed by atoms with Crippen molar-refractivity contribution in [2.75, 3.05) is 0 Å². The summed E-state index contributed by atoms with van der Waals surface area (Å²) in [5, 5.41) is 18.7. The molecule has 0 heterocycles. The Balaban J connectivity index is 0.000000948. The first-order valence-electron chi connectivity index (χ1n) is 10.00. The van der Waals surface area contributed by atoms with Gasteiger partial charge in [-0.1, -0.05) is 71.9 Å². The molecule has 0 saturated carbocycles. The lowest BCUT2D eigenvalue weighted by atomic mass is 9.81. The van der Waals surface area contributed by atoms with E-state index in [0.717, 1.165) is 19.3 Å². The number of allylic oxidation sites excluding steroid dienone is 2. The fourth-order valence-corrected chi connectivity index (χ4v) is 2.85. The third kappa shape index (κ3) is 7.35. The van der Waals surface area contributed by atoms with Crippen molar-refractivity contribution in [1.29, 1.82) is 0 Å². The molecule has 144 valence electrons. The highest BCUT2D eigenvalue weighted by atomic mass is 16.3. The van der Waals surface area contributed by atoms with Crippen LogP contribution in [0.1, 0.15) is 77.8 Å². The Hall–Kier alpha value is -2.22. The van der Waals surface area contributed by atoms with Gasteiger partial charge in [0.1, 0.15) is 11.5 Å². The maximum atomic E-state index is 9.38. The summed E-state index contributed by atoms with van der Waals surface area (Å²) in [5.74, 6) is 1.13. The first-order chi connectivity index (χ1) is 12.7. The fourth-order valence-electron chi connectivity index (χ4n) is 2.85. The third-order valence-electron chi connectivity index (χ3n) is 3.97. The molecular formula is C24H36O2. The average molecular weight is 357 g/mol. The molecule has 0 aliphatic heterocycles. The summed E-state index contributed by atoms with van der Waals surface area (Å²) in [5.41, 5.74) is 3.81. The van der Waals surface area contributed by atoms with Crippen LogP contribution in [0.2, 0.25) is 0 Å². The third-order valence-corrected chi connectivity index (χ3v) is 3.97. The summed E-state index contributed by atoms with van der Waals surface area (Å²) >= 11 is 0. The molecule has 2 aromatic carbocycles. The average Bonchev–Trinajstić information content (AvgIpc) is 2.74. The van der Waals surface area contributed by atoms with Gasteiger partial charge in [0.15, 0.2) is 0 Å².